The minimum atomic E-state index is 0.00718. The Kier molecular flexibility index (Phi) is 3.81. The number of nitriles is 1. The molecule has 0 radical (unpaired) electrons. The van der Waals surface area contributed by atoms with Gasteiger partial charge in [-0.2, -0.15) is 20.2 Å². The molecule has 2 rings (SSSR count). The van der Waals surface area contributed by atoms with Crippen LogP contribution in [0, 0.1) is 11.3 Å². The Labute approximate surface area is 115 Å². The first-order valence-corrected chi connectivity index (χ1v) is 5.57. The first kappa shape index (κ1) is 13.4. The summed E-state index contributed by atoms with van der Waals surface area (Å²) in [5, 5.41) is 12.0. The number of nitrogens with zero attached hydrogens (tertiary/aromatic N) is 4. The molecule has 1 aromatic heterocycles. The lowest BCUT2D eigenvalue weighted by Crippen LogP contribution is -2.06. The molecule has 0 atom stereocenters. The Hall–Kier alpha value is -3.08. The van der Waals surface area contributed by atoms with Gasteiger partial charge in [0.15, 0.2) is 0 Å². The van der Waals surface area contributed by atoms with Crippen LogP contribution in [0.4, 0.5) is 17.6 Å². The van der Waals surface area contributed by atoms with Crippen LogP contribution < -0.4 is 20.5 Å². The number of hydrogen-bond donors (Lipinski definition) is 2. The lowest BCUT2D eigenvalue weighted by Gasteiger charge is -2.11. The van der Waals surface area contributed by atoms with Gasteiger partial charge >= 0.3 is 6.01 Å². The van der Waals surface area contributed by atoms with E-state index >= 15 is 0 Å². The largest absolute Gasteiger partial charge is 0.495 e. The van der Waals surface area contributed by atoms with Crippen molar-refractivity contribution in [3.63, 3.8) is 0 Å². The number of para-hydroxylation sites is 1. The lowest BCUT2D eigenvalue weighted by atomic mass is 10.2. The van der Waals surface area contributed by atoms with E-state index in [9.17, 15) is 0 Å². The summed E-state index contributed by atoms with van der Waals surface area (Å²) in [5.74, 6) is 0.658. The molecule has 1 aromatic carbocycles. The summed E-state index contributed by atoms with van der Waals surface area (Å²) < 4.78 is 10.1. The predicted molar refractivity (Wildman–Crippen MR) is 71.8 cm³/mol. The Morgan fingerprint density at radius 1 is 1.20 bits per heavy atom. The Bertz CT molecular complexity index is 667. The van der Waals surface area contributed by atoms with E-state index in [-0.39, 0.29) is 17.9 Å². The molecule has 0 spiro atoms. The van der Waals surface area contributed by atoms with Crippen molar-refractivity contribution in [3.05, 3.63) is 23.8 Å². The van der Waals surface area contributed by atoms with Gasteiger partial charge in [-0.15, -0.1) is 0 Å². The molecule has 2 aromatic rings. The van der Waals surface area contributed by atoms with Gasteiger partial charge in [0.1, 0.15) is 17.5 Å². The number of methoxy groups -OCH3 is 2. The molecular weight excluding hydrogens is 260 g/mol. The van der Waals surface area contributed by atoms with E-state index in [1.807, 2.05) is 0 Å². The maximum absolute atomic E-state index is 9.12. The number of nitrogen functional groups attached to an aromatic ring is 1. The Balaban J connectivity index is 2.44. The number of ether oxygens (including phenoxy) is 2. The van der Waals surface area contributed by atoms with Gasteiger partial charge < -0.3 is 20.5 Å². The number of hydrogen-bond acceptors (Lipinski definition) is 8. The zero-order valence-electron chi connectivity index (χ0n) is 10.9. The van der Waals surface area contributed by atoms with E-state index < -0.39 is 0 Å². The molecule has 0 aliphatic carbocycles. The fourth-order valence-electron chi connectivity index (χ4n) is 1.55. The summed E-state index contributed by atoms with van der Waals surface area (Å²) >= 11 is 0. The van der Waals surface area contributed by atoms with Crippen LogP contribution in [-0.2, 0) is 0 Å². The topological polar surface area (TPSA) is 119 Å². The quantitative estimate of drug-likeness (QED) is 0.848. The maximum Gasteiger partial charge on any atom is 0.322 e. The third kappa shape index (κ3) is 2.67. The van der Waals surface area contributed by atoms with E-state index in [0.717, 1.165) is 0 Å². The number of benzene rings is 1. The maximum atomic E-state index is 9.12. The van der Waals surface area contributed by atoms with E-state index in [1.165, 1.54) is 14.2 Å². The lowest BCUT2D eigenvalue weighted by molar-refractivity contribution is 0.380. The average molecular weight is 272 g/mol. The van der Waals surface area contributed by atoms with Gasteiger partial charge in [-0.05, 0) is 12.1 Å². The molecule has 8 nitrogen and oxygen atoms in total. The monoisotopic (exact) mass is 272 g/mol. The summed E-state index contributed by atoms with van der Waals surface area (Å²) in [5.41, 5.74) is 6.39. The van der Waals surface area contributed by atoms with E-state index in [2.05, 4.69) is 26.3 Å². The van der Waals surface area contributed by atoms with Gasteiger partial charge in [0.25, 0.3) is 0 Å². The second kappa shape index (κ2) is 5.71. The van der Waals surface area contributed by atoms with Crippen LogP contribution in [-0.4, -0.2) is 29.2 Å². The molecule has 0 aliphatic rings. The number of nitrogens with one attached hydrogen (secondary N) is 1. The highest BCUT2D eigenvalue weighted by Crippen LogP contribution is 2.30. The number of aromatic nitrogens is 3. The first-order valence-electron chi connectivity index (χ1n) is 5.57. The van der Waals surface area contributed by atoms with E-state index in [1.54, 1.807) is 18.2 Å². The van der Waals surface area contributed by atoms with Crippen LogP contribution in [0.15, 0.2) is 18.2 Å². The molecule has 8 heteroatoms. The predicted octanol–water partition coefficient (Wildman–Crippen LogP) is 1.09. The molecule has 102 valence electrons. The van der Waals surface area contributed by atoms with Crippen molar-refractivity contribution >= 4 is 17.6 Å². The van der Waals surface area contributed by atoms with Crippen LogP contribution in [0.2, 0.25) is 0 Å². The molecule has 0 saturated carbocycles. The molecule has 20 heavy (non-hydrogen) atoms. The van der Waals surface area contributed by atoms with Crippen molar-refractivity contribution in [2.24, 2.45) is 0 Å². The minimum Gasteiger partial charge on any atom is -0.495 e. The Morgan fingerprint density at radius 3 is 2.65 bits per heavy atom. The summed E-state index contributed by atoms with van der Waals surface area (Å²) in [6, 6.07) is 7.21. The molecule has 0 bridgehead atoms. The van der Waals surface area contributed by atoms with Crippen molar-refractivity contribution in [1.82, 2.24) is 15.0 Å². The van der Waals surface area contributed by atoms with Gasteiger partial charge in [-0.25, -0.2) is 0 Å². The Morgan fingerprint density at radius 2 is 2.00 bits per heavy atom. The molecule has 3 N–H and O–H groups in total. The molecule has 0 amide bonds. The van der Waals surface area contributed by atoms with Crippen molar-refractivity contribution < 1.29 is 9.47 Å². The first-order chi connectivity index (χ1) is 9.67. The zero-order valence-corrected chi connectivity index (χ0v) is 10.9. The van der Waals surface area contributed by atoms with Gasteiger partial charge in [0, 0.05) is 0 Å². The fraction of sp³-hybridized carbons (Fsp3) is 0.167. The highest BCUT2D eigenvalue weighted by Gasteiger charge is 2.12. The van der Waals surface area contributed by atoms with Gasteiger partial charge in [0.2, 0.25) is 11.9 Å². The number of rotatable bonds is 4. The third-order valence-corrected chi connectivity index (χ3v) is 2.42. The van der Waals surface area contributed by atoms with Gasteiger partial charge in [-0.3, -0.25) is 0 Å². The number of nitrogens with two attached hydrogens (primary N) is 1. The standard InChI is InChI=1S/C12H12N6O2/c1-19-8-5-3-4-7(6-13)9(8)15-11-16-10(14)17-12(18-11)20-2/h3-5H,1-2H3,(H3,14,15,16,17,18). The van der Waals surface area contributed by atoms with Crippen molar-refractivity contribution in [1.29, 1.82) is 5.26 Å². The molecule has 0 saturated heterocycles. The highest BCUT2D eigenvalue weighted by atomic mass is 16.5. The fourth-order valence-corrected chi connectivity index (χ4v) is 1.55. The average Bonchev–Trinajstić information content (AvgIpc) is 2.46. The summed E-state index contributed by atoms with van der Waals surface area (Å²) in [6.07, 6.45) is 0. The molecular formula is C12H12N6O2. The zero-order chi connectivity index (χ0) is 14.5. The second-order valence-corrected chi connectivity index (χ2v) is 3.62. The summed E-state index contributed by atoms with van der Waals surface area (Å²) in [4.78, 5) is 11.7. The smallest absolute Gasteiger partial charge is 0.322 e. The molecule has 1 heterocycles. The van der Waals surface area contributed by atoms with Crippen molar-refractivity contribution in [3.8, 4) is 17.8 Å². The number of anilines is 3. The van der Waals surface area contributed by atoms with Crippen LogP contribution in [0.1, 0.15) is 5.56 Å². The summed E-state index contributed by atoms with van der Waals surface area (Å²) in [7, 11) is 2.92. The van der Waals surface area contributed by atoms with Crippen molar-refractivity contribution in [2.45, 2.75) is 0 Å². The van der Waals surface area contributed by atoms with Crippen LogP contribution in [0.25, 0.3) is 0 Å². The second-order valence-electron chi connectivity index (χ2n) is 3.62. The van der Waals surface area contributed by atoms with E-state index in [4.69, 9.17) is 20.5 Å². The molecule has 0 unspecified atom stereocenters. The van der Waals surface area contributed by atoms with Crippen LogP contribution >= 0.6 is 0 Å². The normalized spacial score (nSPS) is 9.65. The molecule has 0 aliphatic heterocycles. The van der Waals surface area contributed by atoms with Crippen LogP contribution in [0.5, 0.6) is 11.8 Å². The summed E-state index contributed by atoms with van der Waals surface area (Å²) in [6.45, 7) is 0. The van der Waals surface area contributed by atoms with Gasteiger partial charge in [0.05, 0.1) is 19.8 Å². The SMILES string of the molecule is COc1nc(N)nc(Nc2c(C#N)cccc2OC)n1. The van der Waals surface area contributed by atoms with E-state index in [0.29, 0.717) is 17.0 Å². The third-order valence-electron chi connectivity index (χ3n) is 2.42. The van der Waals surface area contributed by atoms with Gasteiger partial charge in [-0.1, -0.05) is 6.07 Å². The van der Waals surface area contributed by atoms with Crippen LogP contribution in [0.3, 0.4) is 0 Å². The van der Waals surface area contributed by atoms with Crippen molar-refractivity contribution in [2.75, 3.05) is 25.3 Å². The highest BCUT2D eigenvalue weighted by molar-refractivity contribution is 5.70. The minimum absolute atomic E-state index is 0.00718. The molecule has 0 fully saturated rings.